The number of rotatable bonds is 18. The highest BCUT2D eigenvalue weighted by Gasteiger charge is 2.41. The third-order valence-electron chi connectivity index (χ3n) is 8.50. The van der Waals surface area contributed by atoms with Gasteiger partial charge in [-0.25, -0.2) is 4.79 Å². The van der Waals surface area contributed by atoms with E-state index < -0.39 is 84.1 Å². The molecule has 15 nitrogen and oxygen atoms in total. The number of methoxy groups -OCH3 is 1. The predicted molar refractivity (Wildman–Crippen MR) is 179 cm³/mol. The molecule has 1 saturated heterocycles. The van der Waals surface area contributed by atoms with E-state index in [0.29, 0.717) is 18.4 Å². The lowest BCUT2D eigenvalue weighted by Crippen LogP contribution is -2.60. The number of hydrogen-bond acceptors (Lipinski definition) is 9. The molecule has 1 fully saturated rings. The van der Waals surface area contributed by atoms with Gasteiger partial charge >= 0.3 is 5.97 Å². The lowest BCUT2D eigenvalue weighted by molar-refractivity contribution is -0.150. The third kappa shape index (κ3) is 12.5. The maximum Gasteiger partial charge on any atom is 0.328 e. The van der Waals surface area contributed by atoms with E-state index in [1.165, 1.54) is 18.9 Å². The number of hydrogen-bond donors (Lipinski definition) is 6. The Hall–Kier alpha value is -4.53. The van der Waals surface area contributed by atoms with Crippen molar-refractivity contribution in [1.82, 2.24) is 26.2 Å². The number of aliphatic hydroxyl groups is 1. The van der Waals surface area contributed by atoms with Crippen LogP contribution in [0.1, 0.15) is 72.3 Å². The monoisotopic (exact) mass is 688 g/mol. The normalized spacial score (nSPS) is 17.9. The summed E-state index contributed by atoms with van der Waals surface area (Å²) in [7, 11) is 1.22. The van der Waals surface area contributed by atoms with Crippen molar-refractivity contribution in [3.63, 3.8) is 0 Å². The largest absolute Gasteiger partial charge is 0.467 e. The SMILES string of the molecule is CC[C@H](C)[C@H](NC(=O)[C@@H]1CCCN1C(=O)[C@H](O)[C@H](Cc1ccccc1)NC(=O)[C@H](CC(N)=O)NC(=O)[C@H](CC(C)C)NC(C)=O)C(=O)OC. The first kappa shape index (κ1) is 40.6. The second kappa shape index (κ2) is 19.5. The lowest BCUT2D eigenvalue weighted by Gasteiger charge is -2.32. The molecular formula is C34H52N6O9. The van der Waals surface area contributed by atoms with Gasteiger partial charge < -0.3 is 41.7 Å². The second-order valence-electron chi connectivity index (χ2n) is 12.9. The van der Waals surface area contributed by atoms with Crippen LogP contribution < -0.4 is 27.0 Å². The molecule has 1 aromatic carbocycles. The number of nitrogens with zero attached hydrogens (tertiary/aromatic N) is 1. The molecule has 1 aromatic rings. The Labute approximate surface area is 287 Å². The molecule has 2 rings (SSSR count). The van der Waals surface area contributed by atoms with Crippen LogP contribution in [-0.2, 0) is 44.7 Å². The number of aliphatic hydroxyl groups excluding tert-OH is 1. The Morgan fingerprint density at radius 1 is 0.959 bits per heavy atom. The van der Waals surface area contributed by atoms with Crippen LogP contribution in [0.5, 0.6) is 0 Å². The van der Waals surface area contributed by atoms with Crippen molar-refractivity contribution in [3.05, 3.63) is 35.9 Å². The van der Waals surface area contributed by atoms with Gasteiger partial charge in [0.05, 0.1) is 19.6 Å². The zero-order chi connectivity index (χ0) is 36.8. The Morgan fingerprint density at radius 2 is 1.59 bits per heavy atom. The summed E-state index contributed by atoms with van der Waals surface area (Å²) in [4.78, 5) is 91.4. The van der Waals surface area contributed by atoms with Gasteiger partial charge in [-0.05, 0) is 43.1 Å². The first-order chi connectivity index (χ1) is 23.1. The summed E-state index contributed by atoms with van der Waals surface area (Å²) in [5.74, 6) is -5.22. The molecule has 49 heavy (non-hydrogen) atoms. The molecule has 0 unspecified atom stereocenters. The molecule has 1 aliphatic rings. The summed E-state index contributed by atoms with van der Waals surface area (Å²) in [6.07, 6.45) is -0.897. The number of nitrogens with one attached hydrogen (secondary N) is 4. The zero-order valence-electron chi connectivity index (χ0n) is 29.2. The minimum absolute atomic E-state index is 0.000298. The van der Waals surface area contributed by atoms with Crippen molar-refractivity contribution < 1.29 is 43.4 Å². The van der Waals surface area contributed by atoms with E-state index in [0.717, 1.165) is 0 Å². The van der Waals surface area contributed by atoms with Gasteiger partial charge in [0.15, 0.2) is 6.10 Å². The quantitative estimate of drug-likeness (QED) is 0.111. The third-order valence-corrected chi connectivity index (χ3v) is 8.50. The van der Waals surface area contributed by atoms with Crippen LogP contribution in [0.4, 0.5) is 0 Å². The van der Waals surface area contributed by atoms with Gasteiger partial charge in [-0.3, -0.25) is 28.8 Å². The molecule has 0 bridgehead atoms. The number of primary amides is 1. The average molecular weight is 689 g/mol. The Morgan fingerprint density at radius 3 is 2.14 bits per heavy atom. The van der Waals surface area contributed by atoms with E-state index in [-0.39, 0.29) is 37.6 Å². The average Bonchev–Trinajstić information content (AvgIpc) is 3.55. The van der Waals surface area contributed by atoms with Crippen LogP contribution in [0.3, 0.4) is 0 Å². The van der Waals surface area contributed by atoms with Gasteiger partial charge in [0.1, 0.15) is 24.2 Å². The molecule has 7 atom stereocenters. The highest BCUT2D eigenvalue weighted by atomic mass is 16.5. The number of carbonyl (C=O) groups is 7. The topological polar surface area (TPSA) is 226 Å². The van der Waals surface area contributed by atoms with Crippen molar-refractivity contribution in [1.29, 1.82) is 0 Å². The van der Waals surface area contributed by atoms with E-state index >= 15 is 0 Å². The van der Waals surface area contributed by atoms with Crippen LogP contribution in [0.25, 0.3) is 0 Å². The van der Waals surface area contributed by atoms with Crippen molar-refractivity contribution in [2.24, 2.45) is 17.6 Å². The Kier molecular flexibility index (Phi) is 16.1. The highest BCUT2D eigenvalue weighted by molar-refractivity contribution is 5.95. The first-order valence-electron chi connectivity index (χ1n) is 16.7. The molecule has 0 radical (unpaired) electrons. The van der Waals surface area contributed by atoms with Gasteiger partial charge in [0.25, 0.3) is 5.91 Å². The minimum Gasteiger partial charge on any atom is -0.467 e. The maximum atomic E-state index is 13.8. The van der Waals surface area contributed by atoms with Gasteiger partial charge in [-0.2, -0.15) is 0 Å². The summed E-state index contributed by atoms with van der Waals surface area (Å²) in [6.45, 7) is 8.74. The number of ether oxygens (including phenoxy) is 1. The number of likely N-dealkylation sites (tertiary alicyclic amines) is 1. The predicted octanol–water partition coefficient (Wildman–Crippen LogP) is -0.319. The molecule has 0 aliphatic carbocycles. The molecule has 0 spiro atoms. The lowest BCUT2D eigenvalue weighted by atomic mass is 9.98. The molecule has 0 aromatic heterocycles. The maximum absolute atomic E-state index is 13.8. The molecule has 0 saturated carbocycles. The van der Waals surface area contributed by atoms with Gasteiger partial charge in [0, 0.05) is 13.5 Å². The van der Waals surface area contributed by atoms with E-state index in [9.17, 15) is 38.7 Å². The summed E-state index contributed by atoms with van der Waals surface area (Å²) in [5, 5.41) is 21.8. The number of nitrogens with two attached hydrogens (primary N) is 1. The fourth-order valence-electron chi connectivity index (χ4n) is 5.71. The molecule has 7 N–H and O–H groups in total. The fraction of sp³-hybridized carbons (Fsp3) is 0.618. The Bertz CT molecular complexity index is 1320. The van der Waals surface area contributed by atoms with Crippen molar-refractivity contribution in [2.45, 2.75) is 109 Å². The van der Waals surface area contributed by atoms with Crippen molar-refractivity contribution in [2.75, 3.05) is 13.7 Å². The molecule has 272 valence electrons. The minimum atomic E-state index is -1.85. The first-order valence-corrected chi connectivity index (χ1v) is 16.7. The fourth-order valence-corrected chi connectivity index (χ4v) is 5.71. The van der Waals surface area contributed by atoms with Gasteiger partial charge in [-0.15, -0.1) is 0 Å². The van der Waals surface area contributed by atoms with Crippen LogP contribution in [-0.4, -0.2) is 101 Å². The van der Waals surface area contributed by atoms with Crippen molar-refractivity contribution in [3.8, 4) is 0 Å². The van der Waals surface area contributed by atoms with Crippen molar-refractivity contribution >= 4 is 41.4 Å². The number of esters is 1. The number of amides is 6. The highest BCUT2D eigenvalue weighted by Crippen LogP contribution is 2.21. The molecule has 6 amide bonds. The summed E-state index contributed by atoms with van der Waals surface area (Å²) >= 11 is 0. The van der Waals surface area contributed by atoms with Crippen LogP contribution in [0.2, 0.25) is 0 Å². The number of benzene rings is 1. The van der Waals surface area contributed by atoms with E-state index in [4.69, 9.17) is 10.5 Å². The van der Waals surface area contributed by atoms with Gasteiger partial charge in [-0.1, -0.05) is 64.4 Å². The van der Waals surface area contributed by atoms with Crippen LogP contribution >= 0.6 is 0 Å². The second-order valence-corrected chi connectivity index (χ2v) is 12.9. The zero-order valence-corrected chi connectivity index (χ0v) is 29.2. The molecular weight excluding hydrogens is 636 g/mol. The molecule has 1 aliphatic heterocycles. The van der Waals surface area contributed by atoms with E-state index in [2.05, 4.69) is 21.3 Å². The van der Waals surface area contributed by atoms with E-state index in [1.54, 1.807) is 37.3 Å². The number of carbonyl (C=O) groups excluding carboxylic acids is 7. The molecule has 15 heteroatoms. The van der Waals surface area contributed by atoms with E-state index in [1.807, 2.05) is 20.8 Å². The summed E-state index contributed by atoms with van der Waals surface area (Å²) in [6, 6.07) is 3.06. The molecule has 1 heterocycles. The smallest absolute Gasteiger partial charge is 0.328 e. The Balaban J connectivity index is 2.35. The van der Waals surface area contributed by atoms with Gasteiger partial charge in [0.2, 0.25) is 29.5 Å². The van der Waals surface area contributed by atoms with Crippen LogP contribution in [0, 0.1) is 11.8 Å². The summed E-state index contributed by atoms with van der Waals surface area (Å²) < 4.78 is 4.86. The standard InChI is InChI=1S/C34H52N6O9/c1-7-20(4)28(34(48)49-6)39-32(46)26-14-11-15-40(26)33(47)29(43)23(17-22-12-9-8-10-13-22)37-31(45)25(18-27(35)42)38-30(44)24(16-19(2)3)36-21(5)41/h8-10,12-13,19-20,23-26,28-29,43H,7,11,14-18H2,1-6H3,(H2,35,42)(H,36,41)(H,37,45)(H,38,44)(H,39,46)/t20-,23-,24-,25-,26-,28-,29+/m0/s1. The summed E-state index contributed by atoms with van der Waals surface area (Å²) in [5.41, 5.74) is 6.06. The van der Waals surface area contributed by atoms with Crippen LogP contribution in [0.15, 0.2) is 30.3 Å².